The number of nitrogens with one attached hydrogen (secondary N) is 2. The summed E-state index contributed by atoms with van der Waals surface area (Å²) in [7, 11) is 0. The van der Waals surface area contributed by atoms with E-state index in [9.17, 15) is 14.4 Å². The molecule has 1 fully saturated rings. The van der Waals surface area contributed by atoms with Gasteiger partial charge in [-0.1, -0.05) is 0 Å². The minimum Gasteiger partial charge on any atom is -0.481 e. The first-order valence-corrected chi connectivity index (χ1v) is 5.58. The standard InChI is InChI=1S/C10H16N2O6/c13-8(14)5-7(9(15)16)12-10(17)11-6-1-3-18-4-2-6/h6-7H,1-5H2,(H,13,14)(H,15,16)(H2,11,12,17). The third-order valence-electron chi connectivity index (χ3n) is 2.54. The monoisotopic (exact) mass is 260 g/mol. The summed E-state index contributed by atoms with van der Waals surface area (Å²) in [5.74, 6) is -2.66. The fourth-order valence-electron chi connectivity index (χ4n) is 1.60. The van der Waals surface area contributed by atoms with Gasteiger partial charge in [-0.15, -0.1) is 0 Å². The molecule has 1 rings (SSSR count). The lowest BCUT2D eigenvalue weighted by Gasteiger charge is -2.24. The maximum absolute atomic E-state index is 11.5. The molecule has 1 aliphatic rings. The Morgan fingerprint density at radius 2 is 1.83 bits per heavy atom. The van der Waals surface area contributed by atoms with Crippen LogP contribution in [-0.4, -0.2) is 53.5 Å². The third-order valence-corrected chi connectivity index (χ3v) is 2.54. The highest BCUT2D eigenvalue weighted by Crippen LogP contribution is 2.05. The van der Waals surface area contributed by atoms with E-state index < -0.39 is 30.4 Å². The number of urea groups is 1. The predicted octanol–water partition coefficient (Wildman–Crippen LogP) is -0.608. The van der Waals surface area contributed by atoms with Gasteiger partial charge in [-0.3, -0.25) is 4.79 Å². The highest BCUT2D eigenvalue weighted by Gasteiger charge is 2.24. The largest absolute Gasteiger partial charge is 0.481 e. The lowest BCUT2D eigenvalue weighted by molar-refractivity contribution is -0.145. The molecule has 102 valence electrons. The molecule has 4 N–H and O–H groups in total. The molecule has 1 atom stereocenters. The van der Waals surface area contributed by atoms with Crippen LogP contribution in [0.5, 0.6) is 0 Å². The second-order valence-corrected chi connectivity index (χ2v) is 3.99. The highest BCUT2D eigenvalue weighted by atomic mass is 16.5. The van der Waals surface area contributed by atoms with Gasteiger partial charge in [-0.05, 0) is 12.8 Å². The van der Waals surface area contributed by atoms with Crippen LogP contribution >= 0.6 is 0 Å². The van der Waals surface area contributed by atoms with Crippen molar-refractivity contribution >= 4 is 18.0 Å². The van der Waals surface area contributed by atoms with Crippen molar-refractivity contribution in [3.8, 4) is 0 Å². The van der Waals surface area contributed by atoms with E-state index in [2.05, 4.69) is 10.6 Å². The number of carbonyl (C=O) groups is 3. The van der Waals surface area contributed by atoms with E-state index in [0.29, 0.717) is 26.1 Å². The number of amides is 2. The first-order valence-electron chi connectivity index (χ1n) is 5.58. The summed E-state index contributed by atoms with van der Waals surface area (Å²) in [4.78, 5) is 32.7. The molecule has 1 saturated heterocycles. The van der Waals surface area contributed by atoms with E-state index in [1.54, 1.807) is 0 Å². The van der Waals surface area contributed by atoms with Crippen molar-refractivity contribution in [2.24, 2.45) is 0 Å². The molecule has 0 radical (unpaired) electrons. The zero-order valence-corrected chi connectivity index (χ0v) is 9.72. The minimum absolute atomic E-state index is 0.0713. The van der Waals surface area contributed by atoms with E-state index in [-0.39, 0.29) is 6.04 Å². The number of hydrogen-bond acceptors (Lipinski definition) is 4. The molecular formula is C10H16N2O6. The molecule has 1 aliphatic heterocycles. The molecule has 8 nitrogen and oxygen atoms in total. The molecule has 2 amide bonds. The van der Waals surface area contributed by atoms with Gasteiger partial charge in [-0.2, -0.15) is 0 Å². The summed E-state index contributed by atoms with van der Waals surface area (Å²) < 4.78 is 5.11. The van der Waals surface area contributed by atoms with Gasteiger partial charge in [-0.25, -0.2) is 9.59 Å². The molecule has 8 heteroatoms. The molecular weight excluding hydrogens is 244 g/mol. The molecule has 1 heterocycles. The van der Waals surface area contributed by atoms with Gasteiger partial charge in [0.15, 0.2) is 0 Å². The van der Waals surface area contributed by atoms with Crippen molar-refractivity contribution in [2.75, 3.05) is 13.2 Å². The lowest BCUT2D eigenvalue weighted by atomic mass is 10.1. The molecule has 0 saturated carbocycles. The Morgan fingerprint density at radius 3 is 2.33 bits per heavy atom. The number of carbonyl (C=O) groups excluding carboxylic acids is 1. The van der Waals surface area contributed by atoms with Gasteiger partial charge >= 0.3 is 18.0 Å². The van der Waals surface area contributed by atoms with Crippen molar-refractivity contribution in [3.05, 3.63) is 0 Å². The van der Waals surface area contributed by atoms with Crippen LogP contribution in [0, 0.1) is 0 Å². The van der Waals surface area contributed by atoms with Crippen molar-refractivity contribution in [3.63, 3.8) is 0 Å². The summed E-state index contributed by atoms with van der Waals surface area (Å²) in [5, 5.41) is 22.0. The minimum atomic E-state index is -1.43. The van der Waals surface area contributed by atoms with Gasteiger partial charge in [0, 0.05) is 19.3 Å². The first-order chi connectivity index (χ1) is 8.49. The van der Waals surface area contributed by atoms with Crippen LogP contribution in [0.3, 0.4) is 0 Å². The third kappa shape index (κ3) is 5.00. The topological polar surface area (TPSA) is 125 Å². The van der Waals surface area contributed by atoms with E-state index >= 15 is 0 Å². The molecule has 0 aromatic carbocycles. The molecule has 0 bridgehead atoms. The van der Waals surface area contributed by atoms with Gasteiger partial charge in [0.2, 0.25) is 0 Å². The zero-order valence-electron chi connectivity index (χ0n) is 9.72. The predicted molar refractivity (Wildman–Crippen MR) is 59.2 cm³/mol. The maximum Gasteiger partial charge on any atom is 0.326 e. The molecule has 18 heavy (non-hydrogen) atoms. The maximum atomic E-state index is 11.5. The van der Waals surface area contributed by atoms with Crippen LogP contribution in [-0.2, 0) is 14.3 Å². The van der Waals surface area contributed by atoms with Crippen molar-refractivity contribution in [1.82, 2.24) is 10.6 Å². The van der Waals surface area contributed by atoms with Gasteiger partial charge < -0.3 is 25.6 Å². The quantitative estimate of drug-likeness (QED) is 0.522. The number of ether oxygens (including phenoxy) is 1. The summed E-state index contributed by atoms with van der Waals surface area (Å²) in [6.45, 7) is 1.09. The van der Waals surface area contributed by atoms with Crippen LogP contribution in [0.25, 0.3) is 0 Å². The molecule has 1 unspecified atom stereocenters. The number of carboxylic acids is 2. The average molecular weight is 260 g/mol. The second-order valence-electron chi connectivity index (χ2n) is 3.99. The van der Waals surface area contributed by atoms with E-state index in [0.717, 1.165) is 0 Å². The SMILES string of the molecule is O=C(O)CC(NC(=O)NC1CCOCC1)C(=O)O. The number of carboxylic acid groups (broad SMARTS) is 2. The van der Waals surface area contributed by atoms with Gasteiger partial charge in [0.1, 0.15) is 6.04 Å². The van der Waals surface area contributed by atoms with E-state index in [4.69, 9.17) is 14.9 Å². The molecule has 0 spiro atoms. The molecule has 0 aromatic heterocycles. The number of aliphatic carboxylic acids is 2. The van der Waals surface area contributed by atoms with E-state index in [1.807, 2.05) is 0 Å². The van der Waals surface area contributed by atoms with Crippen LogP contribution < -0.4 is 10.6 Å². The molecule has 0 aliphatic carbocycles. The van der Waals surface area contributed by atoms with Crippen molar-refractivity contribution in [1.29, 1.82) is 0 Å². The number of hydrogen-bond donors (Lipinski definition) is 4. The van der Waals surface area contributed by atoms with Crippen LogP contribution in [0.15, 0.2) is 0 Å². The summed E-state index contributed by atoms with van der Waals surface area (Å²) in [5.41, 5.74) is 0. The Labute approximate surface area is 103 Å². The Morgan fingerprint density at radius 1 is 1.22 bits per heavy atom. The van der Waals surface area contributed by atoms with Crippen LogP contribution in [0.2, 0.25) is 0 Å². The lowest BCUT2D eigenvalue weighted by Crippen LogP contribution is -2.50. The highest BCUT2D eigenvalue weighted by molar-refractivity contribution is 5.86. The van der Waals surface area contributed by atoms with Crippen molar-refractivity contribution in [2.45, 2.75) is 31.3 Å². The Bertz CT molecular complexity index is 326. The Balaban J connectivity index is 2.40. The van der Waals surface area contributed by atoms with Crippen LogP contribution in [0.4, 0.5) is 4.79 Å². The second kappa shape index (κ2) is 6.80. The fourth-order valence-corrected chi connectivity index (χ4v) is 1.60. The normalized spacial score (nSPS) is 17.8. The molecule has 0 aromatic rings. The van der Waals surface area contributed by atoms with Gasteiger partial charge in [0.25, 0.3) is 0 Å². The number of rotatable bonds is 5. The van der Waals surface area contributed by atoms with Crippen LogP contribution in [0.1, 0.15) is 19.3 Å². The van der Waals surface area contributed by atoms with Crippen molar-refractivity contribution < 1.29 is 29.3 Å². The smallest absolute Gasteiger partial charge is 0.326 e. The average Bonchev–Trinajstić information content (AvgIpc) is 2.28. The fraction of sp³-hybridized carbons (Fsp3) is 0.700. The first kappa shape index (κ1) is 14.2. The summed E-state index contributed by atoms with van der Waals surface area (Å²) in [6, 6.07) is -2.17. The van der Waals surface area contributed by atoms with E-state index in [1.165, 1.54) is 0 Å². The Kier molecular flexibility index (Phi) is 5.37. The summed E-state index contributed by atoms with van der Waals surface area (Å²) in [6.07, 6.45) is 0.657. The zero-order chi connectivity index (χ0) is 13.5. The summed E-state index contributed by atoms with van der Waals surface area (Å²) >= 11 is 0. The van der Waals surface area contributed by atoms with Gasteiger partial charge in [0.05, 0.1) is 6.42 Å². The Hall–Kier alpha value is -1.83.